The second kappa shape index (κ2) is 10.2. The molecule has 0 aromatic carbocycles. The fraction of sp³-hybridized carbons (Fsp3) is 0.619. The minimum absolute atomic E-state index is 0.00605. The van der Waals surface area contributed by atoms with E-state index in [1.165, 1.54) is 11.1 Å². The number of halogens is 2. The standard InChI is InChI=1S/C21H30F2O4/c1-21(2,15-3-7-19(8-4-15)26-13-17(24)11-22)16-5-9-20(10-6-16)27-14-18(25)12-23/h3-5,7,9,17-19,24-25H,6,8,10-14H2,1-2H3/t17-,18?,19?/m0/s1. The van der Waals surface area contributed by atoms with Crippen molar-refractivity contribution in [3.63, 3.8) is 0 Å². The first-order valence-electron chi connectivity index (χ1n) is 9.38. The lowest BCUT2D eigenvalue weighted by molar-refractivity contribution is 0.000725. The largest absolute Gasteiger partial charge is 0.495 e. The molecule has 27 heavy (non-hydrogen) atoms. The first-order valence-corrected chi connectivity index (χ1v) is 9.38. The third kappa shape index (κ3) is 6.26. The van der Waals surface area contributed by atoms with E-state index in [0.29, 0.717) is 6.42 Å². The van der Waals surface area contributed by atoms with E-state index in [4.69, 9.17) is 9.47 Å². The Balaban J connectivity index is 1.93. The maximum Gasteiger partial charge on any atom is 0.119 e. The summed E-state index contributed by atoms with van der Waals surface area (Å²) in [4.78, 5) is 0. The molecule has 0 aromatic heterocycles. The molecule has 4 nitrogen and oxygen atoms in total. The summed E-state index contributed by atoms with van der Waals surface area (Å²) < 4.78 is 35.5. The van der Waals surface area contributed by atoms with Gasteiger partial charge in [0.1, 0.15) is 32.2 Å². The molecule has 3 atom stereocenters. The van der Waals surface area contributed by atoms with E-state index in [1.807, 2.05) is 24.3 Å². The van der Waals surface area contributed by atoms with Gasteiger partial charge < -0.3 is 19.7 Å². The Bertz CT molecular complexity index is 607. The van der Waals surface area contributed by atoms with Crippen LogP contribution in [0.2, 0.25) is 0 Å². The van der Waals surface area contributed by atoms with Gasteiger partial charge in [0.15, 0.2) is 0 Å². The smallest absolute Gasteiger partial charge is 0.119 e. The number of aliphatic hydroxyl groups excluding tert-OH is 2. The van der Waals surface area contributed by atoms with Crippen molar-refractivity contribution in [2.24, 2.45) is 5.41 Å². The van der Waals surface area contributed by atoms with E-state index in [9.17, 15) is 19.0 Å². The van der Waals surface area contributed by atoms with Gasteiger partial charge in [-0.2, -0.15) is 0 Å². The molecule has 2 unspecified atom stereocenters. The molecule has 0 fully saturated rings. The Kier molecular flexibility index (Phi) is 8.20. The number of ether oxygens (including phenoxy) is 2. The fourth-order valence-electron chi connectivity index (χ4n) is 3.16. The lowest BCUT2D eigenvalue weighted by Gasteiger charge is -2.33. The van der Waals surface area contributed by atoms with Crippen molar-refractivity contribution in [2.75, 3.05) is 26.6 Å². The van der Waals surface area contributed by atoms with Crippen LogP contribution in [-0.2, 0) is 9.47 Å². The summed E-state index contributed by atoms with van der Waals surface area (Å²) in [5.74, 6) is 0.759. The van der Waals surface area contributed by atoms with Gasteiger partial charge in [0.05, 0.1) is 18.5 Å². The highest BCUT2D eigenvalue weighted by Crippen LogP contribution is 2.41. The summed E-state index contributed by atoms with van der Waals surface area (Å²) in [6, 6.07) is 0. The summed E-state index contributed by atoms with van der Waals surface area (Å²) >= 11 is 0. The van der Waals surface area contributed by atoms with E-state index >= 15 is 0 Å². The zero-order chi connectivity index (χ0) is 19.9. The monoisotopic (exact) mass is 384 g/mol. The minimum Gasteiger partial charge on any atom is -0.495 e. The van der Waals surface area contributed by atoms with Crippen LogP contribution in [0.25, 0.3) is 0 Å². The summed E-state index contributed by atoms with van der Waals surface area (Å²) in [5.41, 5.74) is 2.30. The summed E-state index contributed by atoms with van der Waals surface area (Å²) in [6.45, 7) is 2.68. The number of alkyl halides is 2. The van der Waals surface area contributed by atoms with Gasteiger partial charge in [-0.1, -0.05) is 43.7 Å². The van der Waals surface area contributed by atoms with Crippen molar-refractivity contribution < 1.29 is 28.5 Å². The van der Waals surface area contributed by atoms with Crippen LogP contribution in [0, 0.1) is 5.41 Å². The number of rotatable bonds is 10. The molecule has 2 rings (SSSR count). The van der Waals surface area contributed by atoms with Crippen LogP contribution >= 0.6 is 0 Å². The highest BCUT2D eigenvalue weighted by molar-refractivity contribution is 5.40. The lowest BCUT2D eigenvalue weighted by atomic mass is 9.72. The van der Waals surface area contributed by atoms with Crippen LogP contribution in [0.1, 0.15) is 33.1 Å². The predicted molar refractivity (Wildman–Crippen MR) is 101 cm³/mol. The van der Waals surface area contributed by atoms with Gasteiger partial charge in [-0.05, 0) is 24.5 Å². The summed E-state index contributed by atoms with van der Waals surface area (Å²) in [5, 5.41) is 18.5. The second-order valence-corrected chi connectivity index (χ2v) is 7.50. The van der Waals surface area contributed by atoms with Crippen molar-refractivity contribution in [1.29, 1.82) is 0 Å². The number of hydrogen-bond donors (Lipinski definition) is 2. The predicted octanol–water partition coefficient (Wildman–Crippen LogP) is 3.57. The zero-order valence-corrected chi connectivity index (χ0v) is 16.0. The van der Waals surface area contributed by atoms with Gasteiger partial charge in [-0.25, -0.2) is 8.78 Å². The molecule has 0 heterocycles. The first kappa shape index (κ1) is 21.8. The van der Waals surface area contributed by atoms with Crippen LogP contribution in [0.4, 0.5) is 8.78 Å². The van der Waals surface area contributed by atoms with Crippen LogP contribution < -0.4 is 0 Å². The van der Waals surface area contributed by atoms with Crippen molar-refractivity contribution in [3.05, 3.63) is 47.3 Å². The Hall–Kier alpha value is -1.50. The maximum atomic E-state index is 12.3. The molecule has 0 aliphatic heterocycles. The molecule has 2 N–H and O–H groups in total. The molecule has 0 saturated heterocycles. The van der Waals surface area contributed by atoms with Gasteiger partial charge in [0.25, 0.3) is 0 Å². The van der Waals surface area contributed by atoms with E-state index < -0.39 is 25.6 Å². The van der Waals surface area contributed by atoms with Gasteiger partial charge >= 0.3 is 0 Å². The van der Waals surface area contributed by atoms with Crippen LogP contribution in [0.5, 0.6) is 0 Å². The maximum absolute atomic E-state index is 12.3. The zero-order valence-electron chi connectivity index (χ0n) is 16.0. The van der Waals surface area contributed by atoms with Crippen molar-refractivity contribution in [2.45, 2.75) is 51.4 Å². The Morgan fingerprint density at radius 2 is 1.81 bits per heavy atom. The van der Waals surface area contributed by atoms with Crippen LogP contribution in [0.3, 0.4) is 0 Å². The van der Waals surface area contributed by atoms with Gasteiger partial charge in [-0.3, -0.25) is 0 Å². The molecular formula is C21H30F2O4. The van der Waals surface area contributed by atoms with E-state index in [1.54, 1.807) is 0 Å². The fourth-order valence-corrected chi connectivity index (χ4v) is 3.16. The van der Waals surface area contributed by atoms with Gasteiger partial charge in [0.2, 0.25) is 0 Å². The highest BCUT2D eigenvalue weighted by atomic mass is 19.1. The van der Waals surface area contributed by atoms with Crippen LogP contribution in [0.15, 0.2) is 47.3 Å². The molecule has 0 aromatic rings. The molecule has 6 heteroatoms. The molecule has 0 saturated carbocycles. The quantitative estimate of drug-likeness (QED) is 0.605. The minimum atomic E-state index is -1.08. The Labute approximate surface area is 159 Å². The average molecular weight is 384 g/mol. The summed E-state index contributed by atoms with van der Waals surface area (Å²) in [6.07, 6.45) is 9.99. The second-order valence-electron chi connectivity index (χ2n) is 7.50. The van der Waals surface area contributed by atoms with Gasteiger partial charge in [-0.15, -0.1) is 0 Å². The topological polar surface area (TPSA) is 58.9 Å². The normalized spacial score (nSPS) is 22.6. The van der Waals surface area contributed by atoms with E-state index in [0.717, 1.165) is 18.6 Å². The SMILES string of the molecule is CC(C)(C1=CCC(OC[C@@H](O)CF)C=C1)C1=CC=C(OCC(O)CF)CC1. The van der Waals surface area contributed by atoms with Gasteiger partial charge in [0, 0.05) is 11.8 Å². The Morgan fingerprint density at radius 1 is 1.11 bits per heavy atom. The van der Waals surface area contributed by atoms with E-state index in [2.05, 4.69) is 19.9 Å². The third-order valence-corrected chi connectivity index (χ3v) is 5.02. The average Bonchev–Trinajstić information content (AvgIpc) is 2.70. The molecular weight excluding hydrogens is 354 g/mol. The first-order chi connectivity index (χ1) is 12.9. The number of aliphatic hydroxyl groups is 2. The molecule has 0 radical (unpaired) electrons. The van der Waals surface area contributed by atoms with Crippen LogP contribution in [-0.4, -0.2) is 55.1 Å². The molecule has 0 spiro atoms. The lowest BCUT2D eigenvalue weighted by Crippen LogP contribution is -2.25. The van der Waals surface area contributed by atoms with Crippen molar-refractivity contribution >= 4 is 0 Å². The summed E-state index contributed by atoms with van der Waals surface area (Å²) in [7, 11) is 0. The third-order valence-electron chi connectivity index (χ3n) is 5.02. The highest BCUT2D eigenvalue weighted by Gasteiger charge is 2.29. The van der Waals surface area contributed by atoms with E-state index in [-0.39, 0.29) is 24.7 Å². The molecule has 0 bridgehead atoms. The number of allylic oxidation sites excluding steroid dienone is 6. The molecule has 2 aliphatic carbocycles. The molecule has 0 amide bonds. The Morgan fingerprint density at radius 3 is 2.37 bits per heavy atom. The number of hydrogen-bond acceptors (Lipinski definition) is 4. The molecule has 2 aliphatic rings. The van der Waals surface area contributed by atoms with Crippen molar-refractivity contribution in [1.82, 2.24) is 0 Å². The molecule has 152 valence electrons. The van der Waals surface area contributed by atoms with Crippen molar-refractivity contribution in [3.8, 4) is 0 Å².